The number of fused-ring (bicyclic) bond motifs is 20. The fourth-order valence-electron chi connectivity index (χ4n) is 9.71. The summed E-state index contributed by atoms with van der Waals surface area (Å²) >= 11 is 0. The zero-order valence-electron chi connectivity index (χ0n) is 42.9. The Hall–Kier alpha value is -11.2. The van der Waals surface area contributed by atoms with Crippen LogP contribution in [0.1, 0.15) is 22.3 Å². The van der Waals surface area contributed by atoms with Crippen molar-refractivity contribution >= 4 is 116 Å². The van der Waals surface area contributed by atoms with Crippen LogP contribution in [0, 0.1) is 0 Å². The summed E-state index contributed by atoms with van der Waals surface area (Å²) in [6.07, 6.45) is 22.9. The molecule has 5 heterocycles. The highest BCUT2D eigenvalue weighted by molar-refractivity contribution is 6.13. The summed E-state index contributed by atoms with van der Waals surface area (Å²) in [6.45, 7) is 0. The first kappa shape index (κ1) is 48.4. The van der Waals surface area contributed by atoms with Crippen molar-refractivity contribution in [3.8, 4) is 45.6 Å². The maximum atomic E-state index is 5.38. The molecule has 0 radical (unpaired) electrons. The summed E-state index contributed by atoms with van der Waals surface area (Å²) in [5.74, 6) is 1.67. The second kappa shape index (κ2) is 22.2. The van der Waals surface area contributed by atoms with E-state index in [0.29, 0.717) is 79.8 Å². The van der Waals surface area contributed by atoms with E-state index >= 15 is 0 Å². The van der Waals surface area contributed by atoms with Gasteiger partial charge in [0.15, 0.2) is 23.3 Å². The fraction of sp³-hybridized carbons (Fsp3) is 0. The van der Waals surface area contributed by atoms with Crippen LogP contribution in [0.2, 0.25) is 0 Å². The molecule has 0 saturated carbocycles. The minimum absolute atomic E-state index is 0.410. The van der Waals surface area contributed by atoms with E-state index in [0.717, 1.165) is 54.9 Å². The van der Waals surface area contributed by atoms with Crippen LogP contribution >= 0.6 is 0 Å². The molecule has 0 atom stereocenters. The topological polar surface area (TPSA) is 158 Å². The summed E-state index contributed by atoms with van der Waals surface area (Å²) in [7, 11) is 0. The summed E-state index contributed by atoms with van der Waals surface area (Å²) in [5.41, 5.74) is 11.9. The molecule has 2 aliphatic rings. The van der Waals surface area contributed by atoms with Crippen molar-refractivity contribution in [1.29, 1.82) is 0 Å². The van der Waals surface area contributed by atoms with Gasteiger partial charge in [-0.15, -0.1) is 0 Å². The van der Waals surface area contributed by atoms with E-state index in [4.69, 9.17) is 49.9 Å². The number of aromatic amines is 2. The highest BCUT2D eigenvalue weighted by Gasteiger charge is 2.26. The predicted molar refractivity (Wildman–Crippen MR) is 331 cm³/mol. The van der Waals surface area contributed by atoms with Gasteiger partial charge in [0, 0.05) is 46.8 Å². The van der Waals surface area contributed by atoms with Crippen LogP contribution in [0.4, 0.5) is 22.7 Å². The van der Waals surface area contributed by atoms with Gasteiger partial charge in [-0.05, 0) is 70.8 Å². The van der Waals surface area contributed by atoms with Gasteiger partial charge in [-0.3, -0.25) is 20.0 Å². The predicted octanol–water partition coefficient (Wildman–Crippen LogP) is 16.5. The van der Waals surface area contributed by atoms with Gasteiger partial charge in [-0.25, -0.2) is 29.9 Å². The molecule has 2 N–H and O–H groups in total. The van der Waals surface area contributed by atoms with Gasteiger partial charge < -0.3 is 9.97 Å². The Morgan fingerprint density at radius 3 is 0.950 bits per heavy atom. The Kier molecular flexibility index (Phi) is 13.4. The molecule has 0 amide bonds. The molecule has 0 saturated heterocycles. The molecule has 0 aliphatic carbocycles. The smallest absolute Gasteiger partial charge is 0.166 e. The van der Waals surface area contributed by atoms with Gasteiger partial charge in [0.1, 0.15) is 22.6 Å². The van der Waals surface area contributed by atoms with Crippen LogP contribution in [-0.2, 0) is 0 Å². The van der Waals surface area contributed by atoms with Crippen LogP contribution in [0.25, 0.3) is 114 Å². The van der Waals surface area contributed by atoms with Gasteiger partial charge in [0.2, 0.25) is 0 Å². The Morgan fingerprint density at radius 1 is 0.275 bits per heavy atom. The van der Waals surface area contributed by atoms with Crippen LogP contribution < -0.4 is 0 Å². The molecular formula is C68H46N12. The van der Waals surface area contributed by atoms with E-state index in [9.17, 15) is 0 Å². The van der Waals surface area contributed by atoms with Gasteiger partial charge in [0.05, 0.1) is 44.6 Å². The number of hydrogen-bond acceptors (Lipinski definition) is 10. The Bertz CT molecular complexity index is 4280. The molecule has 2 aliphatic heterocycles. The lowest BCUT2D eigenvalue weighted by Crippen LogP contribution is -1.84. The molecule has 378 valence electrons. The lowest BCUT2D eigenvalue weighted by Gasteiger charge is -2.02. The van der Waals surface area contributed by atoms with Crippen molar-refractivity contribution in [2.45, 2.75) is 0 Å². The average molecular weight is 1030 g/mol. The Balaban J connectivity index is 1.07. The first-order valence-electron chi connectivity index (χ1n) is 26.1. The fourth-order valence-corrected chi connectivity index (χ4v) is 9.71. The molecule has 12 nitrogen and oxygen atoms in total. The maximum Gasteiger partial charge on any atom is 0.166 e. The van der Waals surface area contributed by atoms with Crippen LogP contribution in [0.3, 0.4) is 0 Å². The highest BCUT2D eigenvalue weighted by Crippen LogP contribution is 2.44. The molecular weight excluding hydrogens is 985 g/mol. The number of aliphatic imine (C=N–C) groups is 4. The van der Waals surface area contributed by atoms with E-state index < -0.39 is 0 Å². The summed E-state index contributed by atoms with van der Waals surface area (Å²) in [5, 5.41) is 3.03. The minimum atomic E-state index is 0.410. The normalized spacial score (nSPS) is 12.6. The van der Waals surface area contributed by atoms with E-state index in [1.54, 1.807) is 24.9 Å². The number of nitrogens with zero attached hydrogens (tertiary/aromatic N) is 10. The number of allylic oxidation sites excluding steroid dienone is 4. The zero-order valence-corrected chi connectivity index (χ0v) is 42.9. The standard InChI is InChI=1S/C68H46N12/c1-5-21-45(22-6-1)29-17-41-69-53-37-13-33-49-57(53)65-73-61(49)78-66-59-51(35-15-39-55(59)71-43-19-31-47-25-9-3-10-26-47)63(75-66)80-68-60-52(36-16-40-56(60)72-44-20-32-48-27-11-4-12-28-48)64(76-68)79-67-58-50(62(74-67)77-65)34-14-38-54(58)70-42-18-30-46-23-7-2-8-24-46/h1-44H,(H2,73,74,75,76,77,78,79,80)/b29-17+,30-18+,31-19+,32-20+,69-41?,70-42?,71-43?,72-44?. The number of aromatic nitrogens is 8. The number of H-pyrrole nitrogens is 2. The van der Waals surface area contributed by atoms with Gasteiger partial charge in [-0.2, -0.15) is 0 Å². The number of nitrogens with one attached hydrogen (secondary N) is 2. The molecule has 0 fully saturated rings. The molecule has 8 aromatic carbocycles. The molecule has 11 aromatic rings. The van der Waals surface area contributed by atoms with Crippen molar-refractivity contribution in [3.63, 3.8) is 0 Å². The van der Waals surface area contributed by atoms with Crippen molar-refractivity contribution in [3.05, 3.63) is 241 Å². The molecule has 0 spiro atoms. The number of benzene rings is 8. The number of rotatable bonds is 12. The molecule has 12 heteroatoms. The summed E-state index contributed by atoms with van der Waals surface area (Å²) in [6, 6.07) is 64.2. The minimum Gasteiger partial charge on any atom is -0.324 e. The van der Waals surface area contributed by atoms with Crippen molar-refractivity contribution in [1.82, 2.24) is 39.9 Å². The lowest BCUT2D eigenvalue weighted by atomic mass is 10.1. The molecule has 0 unspecified atom stereocenters. The van der Waals surface area contributed by atoms with Crippen molar-refractivity contribution < 1.29 is 0 Å². The summed E-state index contributed by atoms with van der Waals surface area (Å²) < 4.78 is 0. The van der Waals surface area contributed by atoms with Crippen molar-refractivity contribution in [2.75, 3.05) is 0 Å². The Labute approximate surface area is 460 Å². The first-order chi connectivity index (χ1) is 39.7. The van der Waals surface area contributed by atoms with Crippen LogP contribution in [-0.4, -0.2) is 64.7 Å². The first-order valence-corrected chi connectivity index (χ1v) is 26.1. The third-order valence-electron chi connectivity index (χ3n) is 13.4. The van der Waals surface area contributed by atoms with E-state index in [1.807, 2.05) is 243 Å². The van der Waals surface area contributed by atoms with Gasteiger partial charge in [-0.1, -0.05) is 194 Å². The maximum absolute atomic E-state index is 5.38. The van der Waals surface area contributed by atoms with Gasteiger partial charge >= 0.3 is 0 Å². The zero-order chi connectivity index (χ0) is 53.5. The van der Waals surface area contributed by atoms with E-state index in [2.05, 4.69) is 9.97 Å². The second-order valence-electron chi connectivity index (χ2n) is 18.6. The lowest BCUT2D eigenvalue weighted by molar-refractivity contribution is 1.19. The second-order valence-corrected chi connectivity index (χ2v) is 18.6. The quantitative estimate of drug-likeness (QED) is 0.116. The molecule has 8 bridgehead atoms. The number of hydrogen-bond donors (Lipinski definition) is 2. The SMILES string of the molecule is C(/C=C/c1ccccc1)=Nc1cccc2c1-c1nc-2nc2[nH]c(nc3nc(nc4[nH]c(n1)c1cccc(N=C/C=C/c5ccccc5)c41)-c1cccc(N=C/C=C/c4ccccc4)c1-3)c1cccc(N=C/C=C/c3ccccc3)c21. The molecule has 3 aromatic heterocycles. The monoisotopic (exact) mass is 1030 g/mol. The highest BCUT2D eigenvalue weighted by atomic mass is 15.1. The van der Waals surface area contributed by atoms with Crippen LogP contribution in [0.5, 0.6) is 0 Å². The molecule has 80 heavy (non-hydrogen) atoms. The van der Waals surface area contributed by atoms with E-state index in [-0.39, 0.29) is 0 Å². The third kappa shape index (κ3) is 10.1. The van der Waals surface area contributed by atoms with Crippen LogP contribution in [0.15, 0.2) is 238 Å². The summed E-state index contributed by atoms with van der Waals surface area (Å²) in [4.78, 5) is 59.3. The molecule has 13 rings (SSSR count). The average Bonchev–Trinajstić information content (AvgIpc) is 4.28. The van der Waals surface area contributed by atoms with Gasteiger partial charge in [0.25, 0.3) is 0 Å². The third-order valence-corrected chi connectivity index (χ3v) is 13.4. The van der Waals surface area contributed by atoms with Crippen molar-refractivity contribution in [2.24, 2.45) is 20.0 Å². The largest absolute Gasteiger partial charge is 0.324 e. The van der Waals surface area contributed by atoms with E-state index in [1.165, 1.54) is 0 Å². The Morgan fingerprint density at radius 2 is 0.588 bits per heavy atom.